The molecule has 0 atom stereocenters. The van der Waals surface area contributed by atoms with Crippen molar-refractivity contribution in [1.82, 2.24) is 25.1 Å². The summed E-state index contributed by atoms with van der Waals surface area (Å²) >= 11 is 5.84. The molecule has 0 bridgehead atoms. The zero-order valence-electron chi connectivity index (χ0n) is 10.5. The van der Waals surface area contributed by atoms with Gasteiger partial charge in [-0.1, -0.05) is 18.5 Å². The summed E-state index contributed by atoms with van der Waals surface area (Å²) in [5, 5.41) is 8.00. The molecule has 0 spiro atoms. The molecule has 0 amide bonds. The van der Waals surface area contributed by atoms with E-state index in [1.807, 2.05) is 13.0 Å². The lowest BCUT2D eigenvalue weighted by atomic mass is 10.3. The molecule has 18 heavy (non-hydrogen) atoms. The summed E-state index contributed by atoms with van der Waals surface area (Å²) in [4.78, 5) is 8.81. The van der Waals surface area contributed by atoms with Crippen LogP contribution in [0.25, 0.3) is 5.95 Å². The molecule has 2 aromatic rings. The predicted molar refractivity (Wildman–Crippen MR) is 70.9 cm³/mol. The number of hydrogen-bond acceptors (Lipinski definition) is 4. The van der Waals surface area contributed by atoms with E-state index in [9.17, 15) is 0 Å². The first-order valence-electron chi connectivity index (χ1n) is 5.95. The Morgan fingerprint density at radius 3 is 2.89 bits per heavy atom. The van der Waals surface area contributed by atoms with Crippen molar-refractivity contribution in [1.29, 1.82) is 0 Å². The normalized spacial score (nSPS) is 10.8. The van der Waals surface area contributed by atoms with Gasteiger partial charge in [-0.3, -0.25) is 0 Å². The van der Waals surface area contributed by atoms with Gasteiger partial charge in [0.1, 0.15) is 0 Å². The second kappa shape index (κ2) is 5.93. The van der Waals surface area contributed by atoms with Gasteiger partial charge in [-0.2, -0.15) is 5.10 Å². The van der Waals surface area contributed by atoms with Crippen molar-refractivity contribution >= 4 is 11.6 Å². The van der Waals surface area contributed by atoms with Crippen LogP contribution in [0.5, 0.6) is 0 Å². The molecular weight excluding hydrogens is 250 g/mol. The van der Waals surface area contributed by atoms with Crippen LogP contribution in [0.2, 0.25) is 5.02 Å². The lowest BCUT2D eigenvalue weighted by Crippen LogP contribution is -2.16. The van der Waals surface area contributed by atoms with E-state index in [1.54, 1.807) is 17.1 Å². The van der Waals surface area contributed by atoms with E-state index in [0.29, 0.717) is 11.0 Å². The number of nitrogens with one attached hydrogen (secondary N) is 1. The first-order valence-corrected chi connectivity index (χ1v) is 6.32. The van der Waals surface area contributed by atoms with Crippen molar-refractivity contribution in [2.24, 2.45) is 0 Å². The number of nitrogens with zero attached hydrogens (tertiary/aromatic N) is 4. The molecule has 1 N–H and O–H groups in total. The van der Waals surface area contributed by atoms with Crippen LogP contribution < -0.4 is 5.32 Å². The Labute approximate surface area is 111 Å². The molecule has 0 aliphatic rings. The minimum Gasteiger partial charge on any atom is -0.311 e. The van der Waals surface area contributed by atoms with Crippen molar-refractivity contribution in [2.75, 3.05) is 6.54 Å². The van der Waals surface area contributed by atoms with Crippen LogP contribution in [0.1, 0.15) is 24.7 Å². The van der Waals surface area contributed by atoms with Crippen molar-refractivity contribution in [3.05, 3.63) is 34.9 Å². The Balaban J connectivity index is 2.21. The van der Waals surface area contributed by atoms with E-state index >= 15 is 0 Å². The Morgan fingerprint density at radius 2 is 2.22 bits per heavy atom. The van der Waals surface area contributed by atoms with E-state index in [0.717, 1.165) is 30.9 Å². The third-order valence-corrected chi connectivity index (χ3v) is 2.58. The summed E-state index contributed by atoms with van der Waals surface area (Å²) < 4.78 is 1.58. The van der Waals surface area contributed by atoms with Crippen LogP contribution in [-0.4, -0.2) is 26.3 Å². The predicted octanol–water partition coefficient (Wildman–Crippen LogP) is 2.12. The van der Waals surface area contributed by atoms with E-state index in [-0.39, 0.29) is 0 Å². The summed E-state index contributed by atoms with van der Waals surface area (Å²) in [6.07, 6.45) is 4.37. The molecule has 0 saturated heterocycles. The number of aryl methyl sites for hydroxylation is 1. The highest BCUT2D eigenvalue weighted by Crippen LogP contribution is 2.09. The fourth-order valence-corrected chi connectivity index (χ4v) is 1.75. The van der Waals surface area contributed by atoms with Crippen molar-refractivity contribution < 1.29 is 0 Å². The molecule has 6 heteroatoms. The summed E-state index contributed by atoms with van der Waals surface area (Å²) in [6.45, 7) is 5.79. The minimum absolute atomic E-state index is 0.551. The van der Waals surface area contributed by atoms with E-state index in [4.69, 9.17) is 11.6 Å². The monoisotopic (exact) mass is 265 g/mol. The minimum atomic E-state index is 0.551. The zero-order chi connectivity index (χ0) is 13.0. The Kier molecular flexibility index (Phi) is 4.28. The second-order valence-electron chi connectivity index (χ2n) is 4.08. The standard InChI is InChI=1S/C12H16ClN5/c1-3-4-14-7-11-5-9(2)16-12(17-11)18-8-10(13)6-15-18/h5-6,8,14H,3-4,7H2,1-2H3. The fourth-order valence-electron chi connectivity index (χ4n) is 1.61. The molecule has 2 rings (SSSR count). The molecule has 0 aromatic carbocycles. The van der Waals surface area contributed by atoms with Gasteiger partial charge in [0, 0.05) is 12.2 Å². The second-order valence-corrected chi connectivity index (χ2v) is 4.52. The van der Waals surface area contributed by atoms with Gasteiger partial charge in [-0.25, -0.2) is 14.6 Å². The van der Waals surface area contributed by atoms with Crippen molar-refractivity contribution in [3.63, 3.8) is 0 Å². The van der Waals surface area contributed by atoms with E-state index in [2.05, 4.69) is 27.3 Å². The number of aromatic nitrogens is 4. The molecule has 0 radical (unpaired) electrons. The van der Waals surface area contributed by atoms with Crippen LogP contribution in [0.4, 0.5) is 0 Å². The number of rotatable bonds is 5. The van der Waals surface area contributed by atoms with Crippen LogP contribution >= 0.6 is 11.6 Å². The van der Waals surface area contributed by atoms with Crippen LogP contribution in [0.15, 0.2) is 18.5 Å². The lowest BCUT2D eigenvalue weighted by molar-refractivity contribution is 0.656. The van der Waals surface area contributed by atoms with Gasteiger partial charge in [0.2, 0.25) is 0 Å². The van der Waals surface area contributed by atoms with E-state index < -0.39 is 0 Å². The first kappa shape index (κ1) is 13.0. The van der Waals surface area contributed by atoms with Crippen molar-refractivity contribution in [2.45, 2.75) is 26.8 Å². The molecule has 0 unspecified atom stereocenters. The number of hydrogen-bond donors (Lipinski definition) is 1. The van der Waals surface area contributed by atoms with Gasteiger partial charge < -0.3 is 5.32 Å². The molecule has 0 saturated carbocycles. The van der Waals surface area contributed by atoms with Crippen molar-refractivity contribution in [3.8, 4) is 5.95 Å². The van der Waals surface area contributed by atoms with Gasteiger partial charge in [0.15, 0.2) is 0 Å². The van der Waals surface area contributed by atoms with E-state index in [1.165, 1.54) is 0 Å². The molecule has 0 aliphatic carbocycles. The molecular formula is C12H16ClN5. The molecule has 0 aliphatic heterocycles. The third kappa shape index (κ3) is 3.27. The van der Waals surface area contributed by atoms with Gasteiger partial charge in [-0.05, 0) is 26.0 Å². The third-order valence-electron chi connectivity index (χ3n) is 2.38. The maximum atomic E-state index is 5.84. The largest absolute Gasteiger partial charge is 0.311 e. The summed E-state index contributed by atoms with van der Waals surface area (Å²) in [5.41, 5.74) is 1.87. The lowest BCUT2D eigenvalue weighted by Gasteiger charge is -2.06. The average molecular weight is 266 g/mol. The van der Waals surface area contributed by atoms with Gasteiger partial charge in [0.25, 0.3) is 5.95 Å². The molecule has 0 fully saturated rings. The molecule has 5 nitrogen and oxygen atoms in total. The average Bonchev–Trinajstić information content (AvgIpc) is 2.76. The Bertz CT molecular complexity index is 523. The topological polar surface area (TPSA) is 55.6 Å². The Hall–Kier alpha value is -1.46. The summed E-state index contributed by atoms with van der Waals surface area (Å²) in [6, 6.07) is 1.97. The van der Waals surface area contributed by atoms with Gasteiger partial charge in [0.05, 0.1) is 23.1 Å². The zero-order valence-corrected chi connectivity index (χ0v) is 11.3. The maximum absolute atomic E-state index is 5.84. The first-order chi connectivity index (χ1) is 8.69. The fraction of sp³-hybridized carbons (Fsp3) is 0.417. The maximum Gasteiger partial charge on any atom is 0.251 e. The molecule has 96 valence electrons. The highest BCUT2D eigenvalue weighted by atomic mass is 35.5. The van der Waals surface area contributed by atoms with Crippen LogP contribution in [0, 0.1) is 6.92 Å². The quantitative estimate of drug-likeness (QED) is 0.842. The molecule has 2 heterocycles. The number of halogens is 1. The highest BCUT2D eigenvalue weighted by molar-refractivity contribution is 6.30. The molecule has 2 aromatic heterocycles. The summed E-state index contributed by atoms with van der Waals surface area (Å²) in [5.74, 6) is 0.551. The SMILES string of the molecule is CCCNCc1cc(C)nc(-n2cc(Cl)cn2)n1. The van der Waals surface area contributed by atoms with Gasteiger partial charge in [-0.15, -0.1) is 0 Å². The summed E-state index contributed by atoms with van der Waals surface area (Å²) in [7, 11) is 0. The van der Waals surface area contributed by atoms with Gasteiger partial charge >= 0.3 is 0 Å². The highest BCUT2D eigenvalue weighted by Gasteiger charge is 2.05. The van der Waals surface area contributed by atoms with Crippen LogP contribution in [-0.2, 0) is 6.54 Å². The van der Waals surface area contributed by atoms with Crippen LogP contribution in [0.3, 0.4) is 0 Å². The Morgan fingerprint density at radius 1 is 1.39 bits per heavy atom. The smallest absolute Gasteiger partial charge is 0.251 e.